The molecular formula is C10H14O4S2. The Hall–Kier alpha value is -0.880. The summed E-state index contributed by atoms with van der Waals surface area (Å²) in [6.45, 7) is 3.20. The SMILES string of the molecule is CC(C)C(C(=O)O)S(=O)(=O)Cc1cccs1. The number of carbonyl (C=O) groups is 1. The Kier molecular flexibility index (Phi) is 4.09. The minimum atomic E-state index is -3.63. The Morgan fingerprint density at radius 1 is 1.50 bits per heavy atom. The van der Waals surface area contributed by atoms with Crippen molar-refractivity contribution in [2.45, 2.75) is 24.9 Å². The standard InChI is InChI=1S/C10H14O4S2/c1-7(2)9(10(11)12)16(13,14)6-8-4-3-5-15-8/h3-5,7,9H,6H2,1-2H3,(H,11,12). The van der Waals surface area contributed by atoms with Crippen molar-refractivity contribution in [3.8, 4) is 0 Å². The van der Waals surface area contributed by atoms with Gasteiger partial charge < -0.3 is 5.11 Å². The normalized spacial score (nSPS) is 13.9. The Bertz CT molecular complexity index is 445. The number of rotatable bonds is 5. The van der Waals surface area contributed by atoms with Gasteiger partial charge in [0.2, 0.25) is 0 Å². The topological polar surface area (TPSA) is 71.4 Å². The first kappa shape index (κ1) is 13.2. The van der Waals surface area contributed by atoms with Gasteiger partial charge in [0, 0.05) is 4.88 Å². The predicted molar refractivity (Wildman–Crippen MR) is 63.2 cm³/mol. The van der Waals surface area contributed by atoms with Crippen LogP contribution in [0.15, 0.2) is 17.5 Å². The summed E-state index contributed by atoms with van der Waals surface area (Å²) in [5.74, 6) is -1.89. The van der Waals surface area contributed by atoms with Crippen LogP contribution in [0.2, 0.25) is 0 Å². The number of thiophene rings is 1. The molecule has 1 unspecified atom stereocenters. The number of hydrogen-bond acceptors (Lipinski definition) is 4. The third kappa shape index (κ3) is 3.05. The maximum Gasteiger partial charge on any atom is 0.322 e. The molecule has 1 aromatic heterocycles. The molecule has 90 valence electrons. The molecule has 4 nitrogen and oxygen atoms in total. The fourth-order valence-electron chi connectivity index (χ4n) is 1.54. The second kappa shape index (κ2) is 4.97. The van der Waals surface area contributed by atoms with Gasteiger partial charge in [-0.1, -0.05) is 19.9 Å². The molecule has 0 aromatic carbocycles. The Balaban J connectivity index is 2.95. The lowest BCUT2D eigenvalue weighted by molar-refractivity contribution is -0.137. The molecule has 1 atom stereocenters. The Labute approximate surface area is 98.8 Å². The highest BCUT2D eigenvalue weighted by Gasteiger charge is 2.35. The number of sulfone groups is 1. The van der Waals surface area contributed by atoms with Crippen LogP contribution in [-0.2, 0) is 20.4 Å². The van der Waals surface area contributed by atoms with Crippen LogP contribution in [0.5, 0.6) is 0 Å². The number of aliphatic carboxylic acids is 1. The van der Waals surface area contributed by atoms with Gasteiger partial charge in [-0.2, -0.15) is 0 Å². The zero-order valence-electron chi connectivity index (χ0n) is 9.08. The van der Waals surface area contributed by atoms with E-state index in [4.69, 9.17) is 5.11 Å². The molecule has 0 saturated heterocycles. The average Bonchev–Trinajstić information content (AvgIpc) is 2.52. The molecule has 1 N–H and O–H groups in total. The second-order valence-electron chi connectivity index (χ2n) is 3.89. The van der Waals surface area contributed by atoms with E-state index in [1.165, 1.54) is 11.3 Å². The molecule has 0 spiro atoms. The summed E-state index contributed by atoms with van der Waals surface area (Å²) >= 11 is 1.32. The van der Waals surface area contributed by atoms with E-state index in [2.05, 4.69) is 0 Å². The van der Waals surface area contributed by atoms with E-state index < -0.39 is 27.0 Å². The van der Waals surface area contributed by atoms with Crippen LogP contribution in [0.3, 0.4) is 0 Å². The highest BCUT2D eigenvalue weighted by atomic mass is 32.2. The molecule has 0 radical (unpaired) electrons. The average molecular weight is 262 g/mol. The summed E-state index contributed by atoms with van der Waals surface area (Å²) in [6, 6.07) is 3.45. The monoisotopic (exact) mass is 262 g/mol. The van der Waals surface area contributed by atoms with Crippen LogP contribution in [0.4, 0.5) is 0 Å². The van der Waals surface area contributed by atoms with Gasteiger partial charge in [0.05, 0.1) is 5.75 Å². The van der Waals surface area contributed by atoms with Gasteiger partial charge >= 0.3 is 5.97 Å². The number of carboxylic acid groups (broad SMARTS) is 1. The predicted octanol–water partition coefficient (Wildman–Crippen LogP) is 1.77. The molecule has 0 amide bonds. The largest absolute Gasteiger partial charge is 0.480 e. The first-order valence-corrected chi connectivity index (χ1v) is 7.41. The molecule has 6 heteroatoms. The molecule has 0 saturated carbocycles. The maximum absolute atomic E-state index is 11.9. The van der Waals surface area contributed by atoms with Crippen molar-refractivity contribution in [1.82, 2.24) is 0 Å². The van der Waals surface area contributed by atoms with E-state index in [1.54, 1.807) is 31.4 Å². The van der Waals surface area contributed by atoms with Crippen molar-refractivity contribution in [3.05, 3.63) is 22.4 Å². The van der Waals surface area contributed by atoms with Crippen LogP contribution in [0, 0.1) is 5.92 Å². The minimum Gasteiger partial charge on any atom is -0.480 e. The van der Waals surface area contributed by atoms with Crippen LogP contribution < -0.4 is 0 Å². The molecular weight excluding hydrogens is 248 g/mol. The number of carboxylic acids is 1. The lowest BCUT2D eigenvalue weighted by Gasteiger charge is -2.16. The highest BCUT2D eigenvalue weighted by molar-refractivity contribution is 7.92. The third-order valence-corrected chi connectivity index (χ3v) is 5.45. The van der Waals surface area contributed by atoms with Crippen LogP contribution in [0.1, 0.15) is 18.7 Å². The van der Waals surface area contributed by atoms with Gasteiger partial charge in [0.1, 0.15) is 0 Å². The summed E-state index contributed by atoms with van der Waals surface area (Å²) in [7, 11) is -3.63. The van der Waals surface area contributed by atoms with Crippen LogP contribution >= 0.6 is 11.3 Å². The van der Waals surface area contributed by atoms with E-state index in [1.807, 2.05) is 0 Å². The lowest BCUT2D eigenvalue weighted by atomic mass is 10.1. The number of hydrogen-bond donors (Lipinski definition) is 1. The van der Waals surface area contributed by atoms with Crippen molar-refractivity contribution in [1.29, 1.82) is 0 Å². The van der Waals surface area contributed by atoms with Crippen molar-refractivity contribution in [2.75, 3.05) is 0 Å². The van der Waals surface area contributed by atoms with Gasteiger partial charge in [-0.25, -0.2) is 8.42 Å². The van der Waals surface area contributed by atoms with Gasteiger partial charge in [0.25, 0.3) is 0 Å². The smallest absolute Gasteiger partial charge is 0.322 e. The van der Waals surface area contributed by atoms with Crippen molar-refractivity contribution in [3.63, 3.8) is 0 Å². The molecule has 0 aliphatic heterocycles. The van der Waals surface area contributed by atoms with E-state index in [0.29, 0.717) is 4.88 Å². The molecule has 1 aromatic rings. The summed E-state index contributed by atoms with van der Waals surface area (Å²) in [4.78, 5) is 11.6. The van der Waals surface area contributed by atoms with E-state index in [9.17, 15) is 13.2 Å². The van der Waals surface area contributed by atoms with Gasteiger partial charge in [-0.3, -0.25) is 4.79 Å². The molecule has 16 heavy (non-hydrogen) atoms. The van der Waals surface area contributed by atoms with E-state index >= 15 is 0 Å². The molecule has 0 bridgehead atoms. The Morgan fingerprint density at radius 2 is 2.12 bits per heavy atom. The van der Waals surface area contributed by atoms with Gasteiger partial charge in [-0.05, 0) is 17.4 Å². The molecule has 0 fully saturated rings. The molecule has 1 rings (SSSR count). The highest BCUT2D eigenvalue weighted by Crippen LogP contribution is 2.20. The summed E-state index contributed by atoms with van der Waals surface area (Å²) in [6.07, 6.45) is 0. The van der Waals surface area contributed by atoms with E-state index in [-0.39, 0.29) is 5.75 Å². The van der Waals surface area contributed by atoms with Crippen molar-refractivity contribution < 1.29 is 18.3 Å². The first-order valence-electron chi connectivity index (χ1n) is 4.81. The quantitative estimate of drug-likeness (QED) is 0.878. The van der Waals surface area contributed by atoms with Gasteiger partial charge in [0.15, 0.2) is 15.1 Å². The Morgan fingerprint density at radius 3 is 2.50 bits per heavy atom. The fourth-order valence-corrected chi connectivity index (χ4v) is 4.60. The van der Waals surface area contributed by atoms with E-state index in [0.717, 1.165) is 0 Å². The third-order valence-electron chi connectivity index (χ3n) is 2.16. The minimum absolute atomic E-state index is 0.195. The maximum atomic E-state index is 11.9. The summed E-state index contributed by atoms with van der Waals surface area (Å²) in [5.41, 5.74) is 0. The summed E-state index contributed by atoms with van der Waals surface area (Å²) in [5, 5.41) is 9.38. The van der Waals surface area contributed by atoms with Crippen LogP contribution in [0.25, 0.3) is 0 Å². The van der Waals surface area contributed by atoms with Crippen molar-refractivity contribution >= 4 is 27.1 Å². The second-order valence-corrected chi connectivity index (χ2v) is 7.04. The summed E-state index contributed by atoms with van der Waals surface area (Å²) < 4.78 is 23.8. The zero-order valence-corrected chi connectivity index (χ0v) is 10.7. The fraction of sp³-hybridized carbons (Fsp3) is 0.500. The zero-order chi connectivity index (χ0) is 12.3. The molecule has 1 heterocycles. The van der Waals surface area contributed by atoms with Crippen LogP contribution in [-0.4, -0.2) is 24.7 Å². The molecule has 0 aliphatic carbocycles. The molecule has 0 aliphatic rings. The lowest BCUT2D eigenvalue weighted by Crippen LogP contribution is -2.35. The van der Waals surface area contributed by atoms with Crippen molar-refractivity contribution in [2.24, 2.45) is 5.92 Å². The van der Waals surface area contributed by atoms with Gasteiger partial charge in [-0.15, -0.1) is 11.3 Å². The first-order chi connectivity index (χ1) is 7.34.